The summed E-state index contributed by atoms with van der Waals surface area (Å²) in [4.78, 5) is 22.5. The first-order valence-corrected chi connectivity index (χ1v) is 9.36. The molecule has 2 heterocycles. The molecule has 6 nitrogen and oxygen atoms in total. The number of aromatic nitrogens is 3. The molecule has 0 bridgehead atoms. The Bertz CT molecular complexity index is 1220. The van der Waals surface area contributed by atoms with Gasteiger partial charge in [0.2, 0.25) is 11.8 Å². The molecule has 0 aliphatic rings. The van der Waals surface area contributed by atoms with Crippen molar-refractivity contribution in [2.45, 2.75) is 20.8 Å². The summed E-state index contributed by atoms with van der Waals surface area (Å²) in [7, 11) is 0. The molecule has 30 heavy (non-hydrogen) atoms. The van der Waals surface area contributed by atoms with E-state index in [1.54, 1.807) is 31.3 Å². The van der Waals surface area contributed by atoms with Crippen LogP contribution < -0.4 is 4.90 Å². The molecule has 0 N–H and O–H groups in total. The van der Waals surface area contributed by atoms with Gasteiger partial charge in [0.1, 0.15) is 17.8 Å². The fourth-order valence-electron chi connectivity index (χ4n) is 3.33. The van der Waals surface area contributed by atoms with Crippen LogP contribution in [0.1, 0.15) is 18.1 Å². The molecule has 0 spiro atoms. The van der Waals surface area contributed by atoms with Gasteiger partial charge in [-0.2, -0.15) is 0 Å². The number of benzene rings is 2. The molecule has 0 saturated carbocycles. The Morgan fingerprint density at radius 3 is 2.53 bits per heavy atom. The molecule has 0 unspecified atom stereocenters. The maximum Gasteiger partial charge on any atom is 0.248 e. The number of anilines is 2. The summed E-state index contributed by atoms with van der Waals surface area (Å²) in [6, 6.07) is 13.9. The van der Waals surface area contributed by atoms with Crippen LogP contribution in [0.2, 0.25) is 0 Å². The van der Waals surface area contributed by atoms with E-state index >= 15 is 0 Å². The van der Waals surface area contributed by atoms with Crippen molar-refractivity contribution in [1.82, 2.24) is 15.1 Å². The number of carbonyl (C=O) groups excluding carboxylic acids is 1. The Balaban J connectivity index is 1.98. The second-order valence-electron chi connectivity index (χ2n) is 6.91. The summed E-state index contributed by atoms with van der Waals surface area (Å²) in [6.45, 7) is 5.05. The van der Waals surface area contributed by atoms with E-state index in [4.69, 9.17) is 4.52 Å². The van der Waals surface area contributed by atoms with Gasteiger partial charge in [-0.1, -0.05) is 23.4 Å². The second-order valence-corrected chi connectivity index (χ2v) is 6.91. The Kier molecular flexibility index (Phi) is 5.10. The predicted molar refractivity (Wildman–Crippen MR) is 112 cm³/mol. The SMILES string of the molecule is CC(=O)N(c1ccccc1C)c1onc(-c2ccc(F)c(C)c2)c1-c1ccncn1. The minimum absolute atomic E-state index is 0.238. The number of nitrogens with zero attached hydrogens (tertiary/aromatic N) is 4. The van der Waals surface area contributed by atoms with E-state index < -0.39 is 0 Å². The number of hydrogen-bond acceptors (Lipinski definition) is 5. The lowest BCUT2D eigenvalue weighted by Crippen LogP contribution is -2.23. The zero-order chi connectivity index (χ0) is 21.3. The third-order valence-electron chi connectivity index (χ3n) is 4.82. The summed E-state index contributed by atoms with van der Waals surface area (Å²) >= 11 is 0. The monoisotopic (exact) mass is 402 g/mol. The number of carbonyl (C=O) groups is 1. The first-order valence-electron chi connectivity index (χ1n) is 9.36. The molecular formula is C23H19FN4O2. The molecule has 2 aromatic carbocycles. The molecule has 0 radical (unpaired) electrons. The van der Waals surface area contributed by atoms with Crippen molar-refractivity contribution < 1.29 is 13.7 Å². The van der Waals surface area contributed by atoms with Crippen molar-refractivity contribution in [2.24, 2.45) is 0 Å². The molecule has 0 saturated heterocycles. The van der Waals surface area contributed by atoms with E-state index in [0.717, 1.165) is 5.56 Å². The van der Waals surface area contributed by atoms with E-state index in [1.165, 1.54) is 24.2 Å². The Labute approximate surface area is 173 Å². The lowest BCUT2D eigenvalue weighted by atomic mass is 10.0. The van der Waals surface area contributed by atoms with E-state index in [2.05, 4.69) is 15.1 Å². The third kappa shape index (κ3) is 3.45. The molecule has 7 heteroatoms. The Morgan fingerprint density at radius 1 is 1.07 bits per heavy atom. The molecule has 2 aromatic heterocycles. The highest BCUT2D eigenvalue weighted by Gasteiger charge is 2.29. The molecule has 1 amide bonds. The van der Waals surface area contributed by atoms with Crippen molar-refractivity contribution in [3.8, 4) is 22.5 Å². The highest BCUT2D eigenvalue weighted by molar-refractivity contribution is 6.03. The number of hydrogen-bond donors (Lipinski definition) is 0. The highest BCUT2D eigenvalue weighted by Crippen LogP contribution is 2.42. The summed E-state index contributed by atoms with van der Waals surface area (Å²) in [5, 5.41) is 4.24. The van der Waals surface area contributed by atoms with Gasteiger partial charge in [0, 0.05) is 18.7 Å². The van der Waals surface area contributed by atoms with Gasteiger partial charge in [0.15, 0.2) is 0 Å². The van der Waals surface area contributed by atoms with E-state index in [1.807, 2.05) is 31.2 Å². The maximum absolute atomic E-state index is 13.8. The summed E-state index contributed by atoms with van der Waals surface area (Å²) in [5.74, 6) is -0.304. The first kappa shape index (κ1) is 19.4. The molecule has 0 atom stereocenters. The topological polar surface area (TPSA) is 72.1 Å². The molecule has 0 fully saturated rings. The highest BCUT2D eigenvalue weighted by atomic mass is 19.1. The van der Waals surface area contributed by atoms with Crippen LogP contribution in [0.4, 0.5) is 16.0 Å². The summed E-state index contributed by atoms with van der Waals surface area (Å²) < 4.78 is 19.5. The molecule has 4 rings (SSSR count). The van der Waals surface area contributed by atoms with E-state index in [0.29, 0.717) is 33.8 Å². The molecule has 150 valence electrons. The van der Waals surface area contributed by atoms with Crippen LogP contribution in [0.15, 0.2) is 65.6 Å². The van der Waals surface area contributed by atoms with Gasteiger partial charge in [-0.25, -0.2) is 19.3 Å². The van der Waals surface area contributed by atoms with Gasteiger partial charge in [-0.05, 0) is 55.3 Å². The number of aryl methyl sites for hydroxylation is 2. The minimum Gasteiger partial charge on any atom is -0.336 e. The van der Waals surface area contributed by atoms with Crippen LogP contribution in [0.3, 0.4) is 0 Å². The number of rotatable bonds is 4. The van der Waals surface area contributed by atoms with Crippen LogP contribution >= 0.6 is 0 Å². The lowest BCUT2D eigenvalue weighted by molar-refractivity contribution is -0.116. The molecular weight excluding hydrogens is 383 g/mol. The third-order valence-corrected chi connectivity index (χ3v) is 4.82. The van der Waals surface area contributed by atoms with Crippen molar-refractivity contribution in [1.29, 1.82) is 0 Å². The summed E-state index contributed by atoms with van der Waals surface area (Å²) in [5.41, 5.74) is 4.25. The van der Waals surface area contributed by atoms with Gasteiger partial charge in [0.05, 0.1) is 16.9 Å². The summed E-state index contributed by atoms with van der Waals surface area (Å²) in [6.07, 6.45) is 3.02. The minimum atomic E-state index is -0.309. The average molecular weight is 402 g/mol. The van der Waals surface area contributed by atoms with Crippen LogP contribution in [0.25, 0.3) is 22.5 Å². The van der Waals surface area contributed by atoms with Crippen LogP contribution in [-0.4, -0.2) is 21.0 Å². The smallest absolute Gasteiger partial charge is 0.248 e. The average Bonchev–Trinajstić information content (AvgIpc) is 3.16. The van der Waals surface area contributed by atoms with Gasteiger partial charge in [-0.3, -0.25) is 4.79 Å². The fraction of sp³-hybridized carbons (Fsp3) is 0.130. The van der Waals surface area contributed by atoms with Crippen molar-refractivity contribution in [2.75, 3.05) is 4.90 Å². The normalized spacial score (nSPS) is 10.8. The zero-order valence-corrected chi connectivity index (χ0v) is 16.8. The first-order chi connectivity index (χ1) is 14.5. The number of amides is 1. The van der Waals surface area contributed by atoms with Crippen LogP contribution in [-0.2, 0) is 4.79 Å². The molecule has 4 aromatic rings. The molecule has 0 aliphatic heterocycles. The number of para-hydroxylation sites is 1. The molecule has 0 aliphatic carbocycles. The van der Waals surface area contributed by atoms with Crippen molar-refractivity contribution >= 4 is 17.5 Å². The van der Waals surface area contributed by atoms with Gasteiger partial charge < -0.3 is 4.52 Å². The van der Waals surface area contributed by atoms with Gasteiger partial charge in [-0.15, -0.1) is 0 Å². The van der Waals surface area contributed by atoms with Crippen molar-refractivity contribution in [3.63, 3.8) is 0 Å². The lowest BCUT2D eigenvalue weighted by Gasteiger charge is -2.21. The van der Waals surface area contributed by atoms with Crippen molar-refractivity contribution in [3.05, 3.63) is 78.0 Å². The Hall–Kier alpha value is -3.87. The number of halogens is 1. The standard InChI is InChI=1S/C23H19FN4O2/c1-14-6-4-5-7-20(14)28(16(3)29)23-21(19-10-11-25-13-26-19)22(27-30-23)17-8-9-18(24)15(2)12-17/h4-13H,1-3H3. The van der Waals surface area contributed by atoms with Crippen LogP contribution in [0.5, 0.6) is 0 Å². The largest absolute Gasteiger partial charge is 0.336 e. The van der Waals surface area contributed by atoms with E-state index in [9.17, 15) is 9.18 Å². The van der Waals surface area contributed by atoms with E-state index in [-0.39, 0.29) is 17.6 Å². The van der Waals surface area contributed by atoms with Gasteiger partial charge in [0.25, 0.3) is 0 Å². The quantitative estimate of drug-likeness (QED) is 0.467. The predicted octanol–water partition coefficient (Wildman–Crippen LogP) is 5.24. The van der Waals surface area contributed by atoms with Gasteiger partial charge >= 0.3 is 0 Å². The van der Waals surface area contributed by atoms with Crippen LogP contribution in [0, 0.1) is 19.7 Å². The Morgan fingerprint density at radius 2 is 1.87 bits per heavy atom. The second kappa shape index (κ2) is 7.87. The fourth-order valence-corrected chi connectivity index (χ4v) is 3.33. The zero-order valence-electron chi connectivity index (χ0n) is 16.8. The maximum atomic E-state index is 13.8.